The van der Waals surface area contributed by atoms with Crippen molar-refractivity contribution >= 4 is 11.7 Å². The fourth-order valence-electron chi connectivity index (χ4n) is 4.49. The minimum absolute atomic E-state index is 0.0659. The van der Waals surface area contributed by atoms with Crippen LogP contribution in [-0.4, -0.2) is 56.2 Å². The van der Waals surface area contributed by atoms with E-state index in [1.54, 1.807) is 20.3 Å². The SMILES string of the molecule is COc1ccc(NC(=O)N2CCC(CN3CCc4ccccc4C3)CC2)c(OC)c1. The van der Waals surface area contributed by atoms with Crippen LogP contribution in [0.3, 0.4) is 0 Å². The van der Waals surface area contributed by atoms with Crippen molar-refractivity contribution in [1.29, 1.82) is 0 Å². The molecule has 4 rings (SSSR count). The summed E-state index contributed by atoms with van der Waals surface area (Å²) >= 11 is 0. The van der Waals surface area contributed by atoms with Gasteiger partial charge in [-0.1, -0.05) is 24.3 Å². The molecule has 30 heavy (non-hydrogen) atoms. The summed E-state index contributed by atoms with van der Waals surface area (Å²) in [5.74, 6) is 1.95. The first-order valence-corrected chi connectivity index (χ1v) is 10.7. The first kappa shape index (κ1) is 20.5. The lowest BCUT2D eigenvalue weighted by Gasteiger charge is -2.36. The lowest BCUT2D eigenvalue weighted by molar-refractivity contribution is 0.147. The number of likely N-dealkylation sites (tertiary alicyclic amines) is 1. The smallest absolute Gasteiger partial charge is 0.321 e. The van der Waals surface area contributed by atoms with Gasteiger partial charge in [-0.3, -0.25) is 4.90 Å². The summed E-state index contributed by atoms with van der Waals surface area (Å²) < 4.78 is 10.6. The molecule has 6 nitrogen and oxygen atoms in total. The van der Waals surface area contributed by atoms with E-state index in [4.69, 9.17) is 9.47 Å². The summed E-state index contributed by atoms with van der Waals surface area (Å²) in [6.45, 7) is 4.89. The third kappa shape index (κ3) is 4.70. The number of anilines is 1. The number of piperidine rings is 1. The number of amides is 2. The van der Waals surface area contributed by atoms with Gasteiger partial charge in [0.2, 0.25) is 0 Å². The summed E-state index contributed by atoms with van der Waals surface area (Å²) in [5, 5.41) is 2.99. The Balaban J connectivity index is 1.27. The molecule has 0 unspecified atom stereocenters. The van der Waals surface area contributed by atoms with Gasteiger partial charge in [-0.15, -0.1) is 0 Å². The highest BCUT2D eigenvalue weighted by molar-refractivity contribution is 5.91. The van der Waals surface area contributed by atoms with Crippen molar-refractivity contribution in [2.24, 2.45) is 5.92 Å². The fraction of sp³-hybridized carbons (Fsp3) is 0.458. The van der Waals surface area contributed by atoms with Gasteiger partial charge in [-0.05, 0) is 48.4 Å². The second-order valence-electron chi connectivity index (χ2n) is 8.18. The van der Waals surface area contributed by atoms with Gasteiger partial charge < -0.3 is 19.7 Å². The zero-order chi connectivity index (χ0) is 20.9. The van der Waals surface area contributed by atoms with Crippen LogP contribution in [0.25, 0.3) is 0 Å². The molecule has 0 saturated carbocycles. The molecular formula is C24H31N3O3. The number of fused-ring (bicyclic) bond motifs is 1. The van der Waals surface area contributed by atoms with Crippen LogP contribution in [0.15, 0.2) is 42.5 Å². The Kier molecular flexibility index (Phi) is 6.43. The first-order valence-electron chi connectivity index (χ1n) is 10.7. The van der Waals surface area contributed by atoms with Crippen LogP contribution in [0.2, 0.25) is 0 Å². The standard InChI is InChI=1S/C24H31N3O3/c1-29-21-7-8-22(23(15-21)30-2)25-24(28)27-13-9-18(10-14-27)16-26-12-11-19-5-3-4-6-20(19)17-26/h3-8,15,18H,9-14,16-17H2,1-2H3,(H,25,28). The van der Waals surface area contributed by atoms with Crippen LogP contribution < -0.4 is 14.8 Å². The second kappa shape index (κ2) is 9.39. The largest absolute Gasteiger partial charge is 0.497 e. The summed E-state index contributed by atoms with van der Waals surface area (Å²) in [6.07, 6.45) is 3.23. The molecule has 2 aliphatic rings. The van der Waals surface area contributed by atoms with Gasteiger partial charge >= 0.3 is 6.03 Å². The number of benzene rings is 2. The molecule has 0 aliphatic carbocycles. The molecule has 2 aliphatic heterocycles. The normalized spacial score (nSPS) is 17.3. The number of nitrogens with zero attached hydrogens (tertiary/aromatic N) is 2. The van der Waals surface area contributed by atoms with Crippen molar-refractivity contribution in [2.45, 2.75) is 25.8 Å². The van der Waals surface area contributed by atoms with Crippen molar-refractivity contribution in [3.63, 3.8) is 0 Å². The Hall–Kier alpha value is -2.73. The van der Waals surface area contributed by atoms with Gasteiger partial charge in [0.15, 0.2) is 0 Å². The van der Waals surface area contributed by atoms with E-state index in [0.717, 1.165) is 52.0 Å². The highest BCUT2D eigenvalue weighted by Crippen LogP contribution is 2.30. The van der Waals surface area contributed by atoms with E-state index >= 15 is 0 Å². The molecule has 1 N–H and O–H groups in total. The molecule has 0 aromatic heterocycles. The van der Waals surface area contributed by atoms with Crippen LogP contribution in [0, 0.1) is 5.92 Å². The third-order valence-corrected chi connectivity index (χ3v) is 6.28. The monoisotopic (exact) mass is 409 g/mol. The maximum absolute atomic E-state index is 12.7. The average molecular weight is 410 g/mol. The maximum atomic E-state index is 12.7. The maximum Gasteiger partial charge on any atom is 0.321 e. The molecule has 0 spiro atoms. The van der Waals surface area contributed by atoms with E-state index in [1.807, 2.05) is 17.0 Å². The predicted molar refractivity (Wildman–Crippen MR) is 118 cm³/mol. The molecule has 6 heteroatoms. The van der Waals surface area contributed by atoms with Gasteiger partial charge in [-0.25, -0.2) is 4.79 Å². The van der Waals surface area contributed by atoms with Gasteiger partial charge in [0.25, 0.3) is 0 Å². The number of carbonyl (C=O) groups is 1. The lowest BCUT2D eigenvalue weighted by atomic mass is 9.94. The molecule has 160 valence electrons. The fourth-order valence-corrected chi connectivity index (χ4v) is 4.49. The van der Waals surface area contributed by atoms with Crippen LogP contribution >= 0.6 is 0 Å². The van der Waals surface area contributed by atoms with Gasteiger partial charge in [-0.2, -0.15) is 0 Å². The van der Waals surface area contributed by atoms with E-state index in [-0.39, 0.29) is 6.03 Å². The molecular weight excluding hydrogens is 378 g/mol. The van der Waals surface area contributed by atoms with E-state index in [9.17, 15) is 4.79 Å². The Morgan fingerprint density at radius 3 is 2.53 bits per heavy atom. The van der Waals surface area contributed by atoms with Crippen molar-refractivity contribution in [3.8, 4) is 11.5 Å². The molecule has 0 radical (unpaired) electrons. The number of hydrogen-bond acceptors (Lipinski definition) is 4. The third-order valence-electron chi connectivity index (χ3n) is 6.28. The van der Waals surface area contributed by atoms with Crippen molar-refractivity contribution < 1.29 is 14.3 Å². The van der Waals surface area contributed by atoms with Gasteiger partial charge in [0.1, 0.15) is 11.5 Å². The van der Waals surface area contributed by atoms with Crippen molar-refractivity contribution in [1.82, 2.24) is 9.80 Å². The number of urea groups is 1. The number of hydrogen-bond donors (Lipinski definition) is 1. The summed E-state index contributed by atoms with van der Waals surface area (Å²) in [4.78, 5) is 17.2. The molecule has 2 aromatic carbocycles. The zero-order valence-corrected chi connectivity index (χ0v) is 17.9. The number of rotatable bonds is 5. The average Bonchev–Trinajstić information content (AvgIpc) is 2.79. The summed E-state index contributed by atoms with van der Waals surface area (Å²) in [5.41, 5.74) is 3.63. The molecule has 0 atom stereocenters. The van der Waals surface area contributed by atoms with Gasteiger partial charge in [0.05, 0.1) is 19.9 Å². The van der Waals surface area contributed by atoms with E-state index < -0.39 is 0 Å². The van der Waals surface area contributed by atoms with Crippen LogP contribution in [0.4, 0.5) is 10.5 Å². The van der Waals surface area contributed by atoms with E-state index in [1.165, 1.54) is 11.1 Å². The molecule has 1 saturated heterocycles. The van der Waals surface area contributed by atoms with E-state index in [2.05, 4.69) is 34.5 Å². The highest BCUT2D eigenvalue weighted by Gasteiger charge is 2.26. The molecule has 2 aromatic rings. The Bertz CT molecular complexity index is 878. The molecule has 2 heterocycles. The Labute approximate surface area is 178 Å². The number of methoxy groups -OCH3 is 2. The topological polar surface area (TPSA) is 54.0 Å². The Morgan fingerprint density at radius 2 is 1.80 bits per heavy atom. The van der Waals surface area contributed by atoms with Gasteiger partial charge in [0, 0.05) is 38.8 Å². The first-order chi connectivity index (χ1) is 14.7. The summed E-state index contributed by atoms with van der Waals surface area (Å²) in [6, 6.07) is 14.1. The van der Waals surface area contributed by atoms with Crippen molar-refractivity contribution in [2.75, 3.05) is 45.7 Å². The van der Waals surface area contributed by atoms with Crippen molar-refractivity contribution in [3.05, 3.63) is 53.6 Å². The summed E-state index contributed by atoms with van der Waals surface area (Å²) in [7, 11) is 3.20. The van der Waals surface area contributed by atoms with Crippen LogP contribution in [-0.2, 0) is 13.0 Å². The number of carbonyl (C=O) groups excluding carboxylic acids is 1. The second-order valence-corrected chi connectivity index (χ2v) is 8.18. The molecule has 0 bridgehead atoms. The quantitative estimate of drug-likeness (QED) is 0.811. The zero-order valence-electron chi connectivity index (χ0n) is 17.9. The lowest BCUT2D eigenvalue weighted by Crippen LogP contribution is -2.44. The highest BCUT2D eigenvalue weighted by atomic mass is 16.5. The molecule has 1 fully saturated rings. The number of ether oxygens (including phenoxy) is 2. The van der Waals surface area contributed by atoms with Crippen LogP contribution in [0.1, 0.15) is 24.0 Å². The number of nitrogens with one attached hydrogen (secondary N) is 1. The minimum atomic E-state index is -0.0659. The Morgan fingerprint density at radius 1 is 1.03 bits per heavy atom. The van der Waals surface area contributed by atoms with Crippen LogP contribution in [0.5, 0.6) is 11.5 Å². The molecule has 2 amide bonds. The predicted octanol–water partition coefficient (Wildman–Crippen LogP) is 4.01. The minimum Gasteiger partial charge on any atom is -0.497 e. The van der Waals surface area contributed by atoms with E-state index in [0.29, 0.717) is 23.1 Å².